The van der Waals surface area contributed by atoms with Gasteiger partial charge in [-0.1, -0.05) is 21.6 Å². The number of carbonyl (C=O) groups excluding carboxylic acids is 2. The Morgan fingerprint density at radius 1 is 0.944 bits per heavy atom. The summed E-state index contributed by atoms with van der Waals surface area (Å²) in [6, 6.07) is -1.31. The molecule has 2 atom stereocenters. The van der Waals surface area contributed by atoms with Crippen LogP contribution in [0.1, 0.15) is 0 Å². The van der Waals surface area contributed by atoms with E-state index in [1.165, 1.54) is 35.8 Å². The summed E-state index contributed by atoms with van der Waals surface area (Å²) in [5.74, 6) is -0.0908. The van der Waals surface area contributed by atoms with E-state index in [1.807, 2.05) is 0 Å². The second kappa shape index (κ2) is 13.6. The van der Waals surface area contributed by atoms with E-state index in [0.717, 1.165) is 0 Å². The number of nitrogens with two attached hydrogens (primary N) is 2. The highest BCUT2D eigenvalue weighted by molar-refractivity contribution is 8.76. The summed E-state index contributed by atoms with van der Waals surface area (Å²) >= 11 is 0. The summed E-state index contributed by atoms with van der Waals surface area (Å²) < 4.78 is 8.92. The summed E-state index contributed by atoms with van der Waals surface area (Å²) in [5, 5.41) is 0. The smallest absolute Gasteiger partial charge is 0.323 e. The molecule has 4 N–H and O–H groups in total. The lowest BCUT2D eigenvalue weighted by atomic mass is 10.4. The fourth-order valence-corrected chi connectivity index (χ4v) is 2.90. The molecule has 0 radical (unpaired) electrons. The molecule has 110 valence electrons. The molecule has 0 aliphatic rings. The van der Waals surface area contributed by atoms with Crippen LogP contribution < -0.4 is 11.5 Å². The third-order valence-corrected chi connectivity index (χ3v) is 4.06. The Labute approximate surface area is 126 Å². The van der Waals surface area contributed by atoms with E-state index >= 15 is 0 Å². The maximum atomic E-state index is 10.9. The molecule has 0 aromatic carbocycles. The maximum Gasteiger partial charge on any atom is 0.323 e. The molecule has 0 fully saturated rings. The van der Waals surface area contributed by atoms with Crippen molar-refractivity contribution in [2.24, 2.45) is 11.5 Å². The highest BCUT2D eigenvalue weighted by atomic mass is 35.5. The van der Waals surface area contributed by atoms with Gasteiger partial charge in [0.25, 0.3) is 0 Å². The number of esters is 2. The summed E-state index contributed by atoms with van der Waals surface area (Å²) in [6.45, 7) is 0. The largest absolute Gasteiger partial charge is 0.468 e. The van der Waals surface area contributed by atoms with E-state index in [1.54, 1.807) is 0 Å². The van der Waals surface area contributed by atoms with Gasteiger partial charge in [0, 0.05) is 11.5 Å². The Hall–Kier alpha value is 0.140. The lowest BCUT2D eigenvalue weighted by Gasteiger charge is -2.10. The number of rotatable bonds is 7. The molecule has 6 nitrogen and oxygen atoms in total. The highest BCUT2D eigenvalue weighted by Gasteiger charge is 2.16. The van der Waals surface area contributed by atoms with Gasteiger partial charge in [-0.05, 0) is 0 Å². The Bertz CT molecular complexity index is 225. The molecule has 0 saturated heterocycles. The maximum absolute atomic E-state index is 10.9. The summed E-state index contributed by atoms with van der Waals surface area (Å²) in [7, 11) is 5.30. The van der Waals surface area contributed by atoms with E-state index in [-0.39, 0.29) is 24.8 Å². The SMILES string of the molecule is COC(=O)[C@H](N)CSSC[C@H](N)C(=O)OC.Cl.Cl. The molecule has 0 aromatic heterocycles. The quantitative estimate of drug-likeness (QED) is 0.385. The van der Waals surface area contributed by atoms with Crippen LogP contribution in [0.3, 0.4) is 0 Å². The zero-order valence-corrected chi connectivity index (χ0v) is 13.3. The average Bonchev–Trinajstić information content (AvgIpc) is 2.31. The van der Waals surface area contributed by atoms with Crippen molar-refractivity contribution in [1.82, 2.24) is 0 Å². The van der Waals surface area contributed by atoms with Crippen LogP contribution in [-0.2, 0) is 19.1 Å². The highest BCUT2D eigenvalue weighted by Crippen LogP contribution is 2.22. The topological polar surface area (TPSA) is 105 Å². The lowest BCUT2D eigenvalue weighted by Crippen LogP contribution is -2.34. The van der Waals surface area contributed by atoms with Crippen molar-refractivity contribution >= 4 is 58.3 Å². The summed E-state index contributed by atoms with van der Waals surface area (Å²) in [4.78, 5) is 21.9. The first-order valence-electron chi connectivity index (χ1n) is 4.44. The van der Waals surface area contributed by atoms with Gasteiger partial charge in [0.05, 0.1) is 14.2 Å². The number of methoxy groups -OCH3 is 2. The number of hydrogen-bond acceptors (Lipinski definition) is 8. The first kappa shape index (κ1) is 23.2. The number of ether oxygens (including phenoxy) is 2. The first-order chi connectivity index (χ1) is 7.52. The normalized spacial score (nSPS) is 12.4. The van der Waals surface area contributed by atoms with Gasteiger partial charge >= 0.3 is 11.9 Å². The molecule has 0 amide bonds. The zero-order chi connectivity index (χ0) is 12.6. The molecule has 10 heteroatoms. The van der Waals surface area contributed by atoms with E-state index < -0.39 is 24.0 Å². The van der Waals surface area contributed by atoms with Crippen molar-refractivity contribution < 1.29 is 19.1 Å². The van der Waals surface area contributed by atoms with Gasteiger partial charge in [-0.15, -0.1) is 24.8 Å². The fraction of sp³-hybridized carbons (Fsp3) is 0.750. The third kappa shape index (κ3) is 10.1. The molecule has 0 aromatic rings. The minimum Gasteiger partial charge on any atom is -0.468 e. The second-order valence-electron chi connectivity index (χ2n) is 2.83. The predicted octanol–water partition coefficient (Wildman–Crippen LogP) is 0.212. The number of carbonyl (C=O) groups is 2. The number of hydrogen-bond donors (Lipinski definition) is 2. The standard InChI is InChI=1S/C8H16N2O4S2.2ClH/c1-13-7(11)5(9)3-15-16-4-6(10)8(12)14-2;;/h5-6H,3-4,9-10H2,1-2H3;2*1H/t5-,6+;;. The van der Waals surface area contributed by atoms with E-state index in [4.69, 9.17) is 11.5 Å². The molecule has 0 unspecified atom stereocenters. The van der Waals surface area contributed by atoms with Gasteiger partial charge in [0.1, 0.15) is 12.1 Å². The molecule has 0 rings (SSSR count). The molecule has 0 aliphatic carbocycles. The zero-order valence-electron chi connectivity index (χ0n) is 9.99. The Balaban J connectivity index is -0.00000112. The first-order valence-corrected chi connectivity index (χ1v) is 6.93. The summed E-state index contributed by atoms with van der Waals surface area (Å²) in [5.41, 5.74) is 11.0. The van der Waals surface area contributed by atoms with Crippen LogP contribution in [-0.4, -0.2) is 49.7 Å². The van der Waals surface area contributed by atoms with E-state index in [0.29, 0.717) is 11.5 Å². The van der Waals surface area contributed by atoms with Crippen LogP contribution in [0.5, 0.6) is 0 Å². The molecule has 0 bridgehead atoms. The Morgan fingerprint density at radius 2 is 1.22 bits per heavy atom. The molecule has 0 saturated carbocycles. The van der Waals surface area contributed by atoms with Crippen molar-refractivity contribution in [3.8, 4) is 0 Å². The van der Waals surface area contributed by atoms with Crippen LogP contribution in [0.15, 0.2) is 0 Å². The van der Waals surface area contributed by atoms with Crippen LogP contribution in [0.2, 0.25) is 0 Å². The molecular weight excluding hydrogens is 323 g/mol. The van der Waals surface area contributed by atoms with Gasteiger partial charge in [-0.25, -0.2) is 0 Å². The Kier molecular flexibility index (Phi) is 17.5. The molecular formula is C8H18Cl2N2O4S2. The van der Waals surface area contributed by atoms with Crippen molar-refractivity contribution in [2.45, 2.75) is 12.1 Å². The van der Waals surface area contributed by atoms with Crippen LogP contribution in [0.25, 0.3) is 0 Å². The van der Waals surface area contributed by atoms with Gasteiger partial charge in [-0.3, -0.25) is 9.59 Å². The Morgan fingerprint density at radius 3 is 1.44 bits per heavy atom. The van der Waals surface area contributed by atoms with Crippen molar-refractivity contribution in [2.75, 3.05) is 25.7 Å². The summed E-state index contributed by atoms with van der Waals surface area (Å²) in [6.07, 6.45) is 0. The van der Waals surface area contributed by atoms with Crippen molar-refractivity contribution in [1.29, 1.82) is 0 Å². The van der Waals surface area contributed by atoms with Crippen LogP contribution in [0, 0.1) is 0 Å². The van der Waals surface area contributed by atoms with Crippen molar-refractivity contribution in [3.05, 3.63) is 0 Å². The van der Waals surface area contributed by atoms with Gasteiger partial charge in [0.2, 0.25) is 0 Å². The average molecular weight is 341 g/mol. The second-order valence-corrected chi connectivity index (χ2v) is 5.38. The minimum absolute atomic E-state index is 0. The van der Waals surface area contributed by atoms with Crippen LogP contribution in [0.4, 0.5) is 0 Å². The van der Waals surface area contributed by atoms with Gasteiger partial charge in [-0.2, -0.15) is 0 Å². The van der Waals surface area contributed by atoms with Crippen LogP contribution >= 0.6 is 46.4 Å². The molecule has 0 heterocycles. The molecule has 0 aliphatic heterocycles. The monoisotopic (exact) mass is 340 g/mol. The lowest BCUT2D eigenvalue weighted by molar-refractivity contribution is -0.142. The number of halogens is 2. The molecule has 18 heavy (non-hydrogen) atoms. The molecule has 0 spiro atoms. The van der Waals surface area contributed by atoms with Gasteiger partial charge < -0.3 is 20.9 Å². The van der Waals surface area contributed by atoms with Gasteiger partial charge in [0.15, 0.2) is 0 Å². The van der Waals surface area contributed by atoms with E-state index in [9.17, 15) is 9.59 Å². The van der Waals surface area contributed by atoms with E-state index in [2.05, 4.69) is 9.47 Å². The third-order valence-electron chi connectivity index (χ3n) is 1.59. The van der Waals surface area contributed by atoms with Crippen molar-refractivity contribution in [3.63, 3.8) is 0 Å². The predicted molar refractivity (Wildman–Crippen MR) is 79.4 cm³/mol. The minimum atomic E-state index is -0.656. The fourth-order valence-electron chi connectivity index (χ4n) is 0.682.